The Morgan fingerprint density at radius 2 is 0.894 bits per heavy atom. The number of hydrogen-bond donors (Lipinski definition) is 0. The Morgan fingerprint density at radius 1 is 0.532 bits per heavy atom. The van der Waals surface area contributed by atoms with E-state index >= 15 is 0 Å². The molecule has 0 spiro atoms. The van der Waals surface area contributed by atoms with Gasteiger partial charge in [0.15, 0.2) is 0 Å². The zero-order chi connectivity index (χ0) is 33.9. The van der Waals surface area contributed by atoms with Gasteiger partial charge in [0.25, 0.3) is 5.69 Å². The molecule has 11 nitrogen and oxygen atoms in total. The Balaban J connectivity index is 1.70. The number of unbranched alkanes of at least 4 members (excludes halogenated alkanes) is 14. The first kappa shape index (κ1) is 42.7. The maximum absolute atomic E-state index is 11.9. The van der Waals surface area contributed by atoms with E-state index in [1.54, 1.807) is 12.1 Å². The van der Waals surface area contributed by atoms with Crippen LogP contribution in [-0.2, 0) is 33.2 Å². The Labute approximate surface area is 283 Å². The third-order valence-electron chi connectivity index (χ3n) is 7.51. The molecule has 0 saturated heterocycles. The van der Waals surface area contributed by atoms with E-state index in [4.69, 9.17) is 33.2 Å². The molecule has 0 heterocycles. The van der Waals surface area contributed by atoms with Crippen LogP contribution in [0.25, 0.3) is 0 Å². The maximum atomic E-state index is 11.9. The smallest absolute Gasteiger partial charge is 0.305 e. The number of rotatable bonds is 36. The van der Waals surface area contributed by atoms with Gasteiger partial charge in [-0.25, -0.2) is 0 Å². The topological polar surface area (TPSA) is 125 Å². The van der Waals surface area contributed by atoms with Crippen LogP contribution in [0.2, 0.25) is 0 Å². The van der Waals surface area contributed by atoms with Crippen LogP contribution in [0.1, 0.15) is 110 Å². The fraction of sp³-hybridized carbons (Fsp3) is 0.806. The summed E-state index contributed by atoms with van der Waals surface area (Å²) < 4.78 is 38.0. The monoisotopic (exact) mass is 669 g/mol. The highest BCUT2D eigenvalue weighted by Gasteiger charge is 2.05. The minimum absolute atomic E-state index is 0.0275. The average molecular weight is 670 g/mol. The van der Waals surface area contributed by atoms with Gasteiger partial charge >= 0.3 is 5.97 Å². The number of nitro benzene ring substituents is 1. The van der Waals surface area contributed by atoms with Crippen molar-refractivity contribution in [3.8, 4) is 5.75 Å². The van der Waals surface area contributed by atoms with Crippen molar-refractivity contribution in [3.63, 3.8) is 0 Å². The molecule has 11 heteroatoms. The van der Waals surface area contributed by atoms with E-state index < -0.39 is 4.92 Å². The number of esters is 1. The van der Waals surface area contributed by atoms with Crippen LogP contribution in [0.15, 0.2) is 24.3 Å². The number of nitro groups is 1. The van der Waals surface area contributed by atoms with Crippen molar-refractivity contribution >= 4 is 11.7 Å². The second-order valence-corrected chi connectivity index (χ2v) is 11.6. The Morgan fingerprint density at radius 3 is 1.30 bits per heavy atom. The summed E-state index contributed by atoms with van der Waals surface area (Å²) in [6.07, 6.45) is 20.2. The Hall–Kier alpha value is -2.31. The molecule has 47 heavy (non-hydrogen) atoms. The van der Waals surface area contributed by atoms with Gasteiger partial charge in [0, 0.05) is 18.6 Å². The van der Waals surface area contributed by atoms with E-state index in [9.17, 15) is 14.9 Å². The van der Waals surface area contributed by atoms with E-state index in [1.807, 2.05) is 0 Å². The van der Waals surface area contributed by atoms with Crippen LogP contribution in [0.4, 0.5) is 5.69 Å². The summed E-state index contributed by atoms with van der Waals surface area (Å²) in [6.45, 7) is 7.31. The van der Waals surface area contributed by atoms with E-state index in [0.29, 0.717) is 84.8 Å². The fourth-order valence-electron chi connectivity index (χ4n) is 4.79. The van der Waals surface area contributed by atoms with Crippen LogP contribution in [0.3, 0.4) is 0 Å². The molecule has 0 bridgehead atoms. The van der Waals surface area contributed by atoms with Gasteiger partial charge < -0.3 is 33.2 Å². The van der Waals surface area contributed by atoms with Crippen LogP contribution in [0, 0.1) is 10.1 Å². The van der Waals surface area contributed by atoms with Crippen molar-refractivity contribution in [2.45, 2.75) is 110 Å². The quantitative estimate of drug-likeness (QED) is 0.0302. The molecular formula is C36H63NO10. The van der Waals surface area contributed by atoms with Crippen LogP contribution < -0.4 is 4.74 Å². The van der Waals surface area contributed by atoms with E-state index in [2.05, 4.69) is 6.92 Å². The van der Waals surface area contributed by atoms with E-state index in [1.165, 1.54) is 95.6 Å². The molecule has 0 radical (unpaired) electrons. The molecule has 0 fully saturated rings. The van der Waals surface area contributed by atoms with E-state index in [0.717, 1.165) is 12.8 Å². The van der Waals surface area contributed by atoms with Crippen LogP contribution in [-0.4, -0.2) is 90.2 Å². The lowest BCUT2D eigenvalue weighted by Gasteiger charge is -2.09. The Kier molecular flexibility index (Phi) is 30.5. The molecule has 0 aliphatic heterocycles. The molecule has 1 rings (SSSR count). The van der Waals surface area contributed by atoms with Crippen LogP contribution in [0.5, 0.6) is 5.75 Å². The third kappa shape index (κ3) is 29.6. The fourth-order valence-corrected chi connectivity index (χ4v) is 4.79. The molecule has 0 aliphatic rings. The molecular weight excluding hydrogens is 606 g/mol. The van der Waals surface area contributed by atoms with Crippen molar-refractivity contribution in [2.24, 2.45) is 0 Å². The Bertz CT molecular complexity index is 840. The van der Waals surface area contributed by atoms with Crippen molar-refractivity contribution in [1.82, 2.24) is 0 Å². The average Bonchev–Trinajstić information content (AvgIpc) is 3.07. The number of ether oxygens (including phenoxy) is 7. The zero-order valence-corrected chi connectivity index (χ0v) is 29.1. The summed E-state index contributed by atoms with van der Waals surface area (Å²) >= 11 is 0. The zero-order valence-electron chi connectivity index (χ0n) is 29.1. The predicted molar refractivity (Wildman–Crippen MR) is 183 cm³/mol. The van der Waals surface area contributed by atoms with Gasteiger partial charge in [-0.05, 0) is 18.6 Å². The summed E-state index contributed by atoms with van der Waals surface area (Å²) in [6, 6.07) is 5.92. The largest absolute Gasteiger partial charge is 0.491 e. The van der Waals surface area contributed by atoms with Crippen molar-refractivity contribution in [2.75, 3.05) is 79.3 Å². The highest BCUT2D eigenvalue weighted by Crippen LogP contribution is 2.17. The molecule has 0 amide bonds. The normalized spacial score (nSPS) is 11.2. The number of non-ortho nitro benzene ring substituents is 1. The van der Waals surface area contributed by atoms with E-state index in [-0.39, 0.29) is 18.3 Å². The van der Waals surface area contributed by atoms with Gasteiger partial charge in [0.1, 0.15) is 19.0 Å². The molecule has 1 aromatic rings. The van der Waals surface area contributed by atoms with Crippen molar-refractivity contribution in [3.05, 3.63) is 34.4 Å². The van der Waals surface area contributed by atoms with Crippen molar-refractivity contribution in [1.29, 1.82) is 0 Å². The lowest BCUT2D eigenvalue weighted by Crippen LogP contribution is -2.15. The minimum Gasteiger partial charge on any atom is -0.491 e. The number of benzene rings is 1. The second-order valence-electron chi connectivity index (χ2n) is 11.6. The highest BCUT2D eigenvalue weighted by atomic mass is 16.6. The molecule has 0 unspecified atom stereocenters. The number of hydrogen-bond acceptors (Lipinski definition) is 10. The first-order chi connectivity index (χ1) is 23.1. The molecule has 0 aliphatic carbocycles. The second kappa shape index (κ2) is 33.6. The summed E-state index contributed by atoms with van der Waals surface area (Å²) in [5.74, 6) is 0.419. The number of carbonyl (C=O) groups is 1. The van der Waals surface area contributed by atoms with Gasteiger partial charge in [-0.1, -0.05) is 96.8 Å². The highest BCUT2D eigenvalue weighted by molar-refractivity contribution is 5.69. The minimum atomic E-state index is -0.450. The molecule has 0 saturated carbocycles. The predicted octanol–water partition coefficient (Wildman–Crippen LogP) is 7.86. The lowest BCUT2D eigenvalue weighted by atomic mass is 10.0. The summed E-state index contributed by atoms with van der Waals surface area (Å²) in [4.78, 5) is 22.1. The van der Waals surface area contributed by atoms with Gasteiger partial charge in [0.2, 0.25) is 0 Å². The summed E-state index contributed by atoms with van der Waals surface area (Å²) in [7, 11) is 0. The molecule has 0 atom stereocenters. The number of carbonyl (C=O) groups excluding carboxylic acids is 1. The third-order valence-corrected chi connectivity index (χ3v) is 7.51. The van der Waals surface area contributed by atoms with Crippen molar-refractivity contribution < 1.29 is 42.9 Å². The van der Waals surface area contributed by atoms with Gasteiger partial charge in [-0.2, -0.15) is 0 Å². The maximum Gasteiger partial charge on any atom is 0.305 e. The first-order valence-electron chi connectivity index (χ1n) is 18.0. The molecule has 1 aromatic carbocycles. The first-order valence-corrected chi connectivity index (χ1v) is 18.0. The number of nitrogens with zero attached hydrogens (tertiary/aromatic N) is 1. The standard InChI is InChI=1S/C36H63NO10/c1-2-3-4-5-6-7-8-9-10-11-12-13-14-15-16-17-36(38)47-33-31-45-29-27-43-25-23-41-22-24-42-26-28-44-30-32-46-35-20-18-34(19-21-35)37(39)40/h18-21H,2-17,22-33H2,1H3. The molecule has 272 valence electrons. The SMILES string of the molecule is CCCCCCCCCCCCCCCCCC(=O)OCCOCCOCCOCCOCCOCCOc1ccc([N+](=O)[O-])cc1. The molecule has 0 N–H and O–H groups in total. The summed E-state index contributed by atoms with van der Waals surface area (Å²) in [5, 5.41) is 10.6. The molecule has 0 aromatic heterocycles. The van der Waals surface area contributed by atoms with Gasteiger partial charge in [-0.3, -0.25) is 14.9 Å². The van der Waals surface area contributed by atoms with Gasteiger partial charge in [0.05, 0.1) is 71.0 Å². The summed E-state index contributed by atoms with van der Waals surface area (Å²) in [5.41, 5.74) is 0.0275. The van der Waals surface area contributed by atoms with Crippen LogP contribution >= 0.6 is 0 Å². The van der Waals surface area contributed by atoms with Gasteiger partial charge in [-0.15, -0.1) is 0 Å². The lowest BCUT2D eigenvalue weighted by molar-refractivity contribution is -0.384.